The van der Waals surface area contributed by atoms with E-state index in [0.29, 0.717) is 5.25 Å². The van der Waals surface area contributed by atoms with Crippen molar-refractivity contribution in [1.29, 1.82) is 0 Å². The molecule has 1 saturated heterocycles. The fourth-order valence-corrected chi connectivity index (χ4v) is 2.64. The molecule has 15 heavy (non-hydrogen) atoms. The number of carbonyl (C=O) groups is 1. The van der Waals surface area contributed by atoms with E-state index >= 15 is 0 Å². The average Bonchev–Trinajstić information content (AvgIpc) is 2.30. The molecule has 0 spiro atoms. The van der Waals surface area contributed by atoms with Gasteiger partial charge in [0, 0.05) is 24.1 Å². The molecule has 0 saturated carbocycles. The van der Waals surface area contributed by atoms with Gasteiger partial charge in [0.1, 0.15) is 0 Å². The summed E-state index contributed by atoms with van der Waals surface area (Å²) in [5.41, 5.74) is -1.63. The molecule has 5 heteroatoms. The first kappa shape index (κ1) is 12.8. The lowest BCUT2D eigenvalue weighted by molar-refractivity contribution is -0.158. The number of carboxylic acid groups (broad SMARTS) is 1. The van der Waals surface area contributed by atoms with Gasteiger partial charge in [-0.05, 0) is 19.9 Å². The van der Waals surface area contributed by atoms with Crippen LogP contribution in [0.3, 0.4) is 0 Å². The van der Waals surface area contributed by atoms with E-state index in [1.807, 2.05) is 16.7 Å². The summed E-state index contributed by atoms with van der Waals surface area (Å²) in [7, 11) is 0. The molecule has 0 amide bonds. The molecule has 0 aromatic heterocycles. The largest absolute Gasteiger partial charge is 0.479 e. The van der Waals surface area contributed by atoms with Crippen LogP contribution in [0.25, 0.3) is 0 Å². The Kier molecular flexibility index (Phi) is 4.43. The lowest BCUT2D eigenvalue weighted by Gasteiger charge is -2.27. The summed E-state index contributed by atoms with van der Waals surface area (Å²) in [5.74, 6) is -0.135. The molecule has 1 fully saturated rings. The highest BCUT2D eigenvalue weighted by molar-refractivity contribution is 7.99. The number of hydrogen-bond donors (Lipinski definition) is 2. The first-order valence-electron chi connectivity index (χ1n) is 5.21. The van der Waals surface area contributed by atoms with Crippen LogP contribution >= 0.6 is 11.8 Å². The molecule has 2 atom stereocenters. The van der Waals surface area contributed by atoms with Gasteiger partial charge in [0.15, 0.2) is 5.60 Å². The first-order chi connectivity index (χ1) is 6.92. The number of hydrogen-bond acceptors (Lipinski definition) is 4. The Morgan fingerprint density at radius 1 is 1.60 bits per heavy atom. The van der Waals surface area contributed by atoms with E-state index in [9.17, 15) is 9.90 Å². The number of carboxylic acids is 1. The molecule has 0 aliphatic carbocycles. The van der Waals surface area contributed by atoms with Crippen molar-refractivity contribution < 1.29 is 15.0 Å². The number of rotatable bonds is 3. The molecule has 4 nitrogen and oxygen atoms in total. The second-order valence-corrected chi connectivity index (χ2v) is 5.87. The number of β-amino-alcohol motifs (C(OH)–C–C–N with tert-alkyl or cyclic N) is 1. The number of aliphatic carboxylic acids is 1. The summed E-state index contributed by atoms with van der Waals surface area (Å²) >= 11 is 1.91. The van der Waals surface area contributed by atoms with Crippen molar-refractivity contribution in [3.63, 3.8) is 0 Å². The van der Waals surface area contributed by atoms with Gasteiger partial charge >= 0.3 is 5.97 Å². The predicted molar refractivity (Wildman–Crippen MR) is 61.2 cm³/mol. The lowest BCUT2D eigenvalue weighted by Crippen LogP contribution is -2.47. The fourth-order valence-electron chi connectivity index (χ4n) is 1.60. The van der Waals surface area contributed by atoms with Gasteiger partial charge in [0.2, 0.25) is 0 Å². The molecule has 1 rings (SSSR count). The lowest BCUT2D eigenvalue weighted by atomic mass is 10.1. The van der Waals surface area contributed by atoms with Gasteiger partial charge in [0.25, 0.3) is 0 Å². The summed E-state index contributed by atoms with van der Waals surface area (Å²) in [6, 6.07) is 0. The van der Waals surface area contributed by atoms with E-state index in [2.05, 4.69) is 6.92 Å². The van der Waals surface area contributed by atoms with Crippen LogP contribution in [0, 0.1) is 0 Å². The molecule has 1 aliphatic heterocycles. The molecule has 1 heterocycles. The minimum absolute atomic E-state index is 0.218. The van der Waals surface area contributed by atoms with Crippen LogP contribution in [-0.4, -0.2) is 57.3 Å². The topological polar surface area (TPSA) is 60.8 Å². The predicted octanol–water partition coefficient (Wildman–Crippen LogP) is 0.649. The van der Waals surface area contributed by atoms with Crippen molar-refractivity contribution in [2.75, 3.05) is 25.4 Å². The van der Waals surface area contributed by atoms with E-state index in [-0.39, 0.29) is 6.54 Å². The first-order valence-corrected chi connectivity index (χ1v) is 6.26. The van der Waals surface area contributed by atoms with Gasteiger partial charge < -0.3 is 10.2 Å². The van der Waals surface area contributed by atoms with Crippen molar-refractivity contribution in [3.05, 3.63) is 0 Å². The quantitative estimate of drug-likeness (QED) is 0.749. The van der Waals surface area contributed by atoms with Crippen LogP contribution in [0.4, 0.5) is 0 Å². The Bertz CT molecular complexity index is 233. The molecule has 2 unspecified atom stereocenters. The SMILES string of the molecule is CC1CCN(CC(C)(O)C(=O)O)CCS1. The van der Waals surface area contributed by atoms with E-state index in [4.69, 9.17) is 5.11 Å². The molecule has 0 bridgehead atoms. The Labute approximate surface area is 94.7 Å². The highest BCUT2D eigenvalue weighted by atomic mass is 32.2. The second-order valence-electron chi connectivity index (χ2n) is 4.33. The highest BCUT2D eigenvalue weighted by Gasteiger charge is 2.32. The van der Waals surface area contributed by atoms with Gasteiger partial charge in [-0.3, -0.25) is 4.90 Å². The third-order valence-electron chi connectivity index (χ3n) is 2.65. The maximum absolute atomic E-state index is 10.8. The molecule has 1 aliphatic rings. The highest BCUT2D eigenvalue weighted by Crippen LogP contribution is 2.19. The Morgan fingerprint density at radius 2 is 2.27 bits per heavy atom. The zero-order valence-corrected chi connectivity index (χ0v) is 10.1. The molecule has 2 N–H and O–H groups in total. The van der Waals surface area contributed by atoms with Crippen LogP contribution < -0.4 is 0 Å². The zero-order chi connectivity index (χ0) is 11.5. The third kappa shape index (κ3) is 4.01. The van der Waals surface area contributed by atoms with Gasteiger partial charge in [-0.15, -0.1) is 0 Å². The van der Waals surface area contributed by atoms with E-state index in [1.54, 1.807) is 0 Å². The normalized spacial score (nSPS) is 28.1. The Morgan fingerprint density at radius 3 is 2.87 bits per heavy atom. The van der Waals surface area contributed by atoms with Crippen molar-refractivity contribution in [2.24, 2.45) is 0 Å². The monoisotopic (exact) mass is 233 g/mol. The summed E-state index contributed by atoms with van der Waals surface area (Å²) < 4.78 is 0. The molecule has 0 radical (unpaired) electrons. The number of nitrogens with zero attached hydrogens (tertiary/aromatic N) is 1. The number of thioether (sulfide) groups is 1. The average molecular weight is 233 g/mol. The summed E-state index contributed by atoms with van der Waals surface area (Å²) in [5, 5.41) is 19.1. The second kappa shape index (κ2) is 5.18. The molecular formula is C10H19NO3S. The van der Waals surface area contributed by atoms with Gasteiger partial charge in [0.05, 0.1) is 0 Å². The standard InChI is InChI=1S/C10H19NO3S/c1-8-3-4-11(5-6-15-8)7-10(2,14)9(12)13/h8,14H,3-7H2,1-2H3,(H,12,13). The maximum Gasteiger partial charge on any atom is 0.336 e. The van der Waals surface area contributed by atoms with Crippen LogP contribution in [0.15, 0.2) is 0 Å². The Balaban J connectivity index is 2.47. The van der Waals surface area contributed by atoms with Crippen LogP contribution in [-0.2, 0) is 4.79 Å². The molecule has 0 aromatic carbocycles. The van der Waals surface area contributed by atoms with Crippen molar-refractivity contribution in [1.82, 2.24) is 4.90 Å². The Hall–Kier alpha value is -0.260. The van der Waals surface area contributed by atoms with E-state index in [1.165, 1.54) is 6.92 Å². The summed E-state index contributed by atoms with van der Waals surface area (Å²) in [6.07, 6.45) is 1.06. The van der Waals surface area contributed by atoms with Crippen molar-refractivity contribution >= 4 is 17.7 Å². The van der Waals surface area contributed by atoms with Crippen LogP contribution in [0.1, 0.15) is 20.3 Å². The zero-order valence-electron chi connectivity index (χ0n) is 9.27. The summed E-state index contributed by atoms with van der Waals surface area (Å²) in [6.45, 7) is 5.49. The van der Waals surface area contributed by atoms with E-state index in [0.717, 1.165) is 25.3 Å². The summed E-state index contributed by atoms with van der Waals surface area (Å²) in [4.78, 5) is 12.8. The minimum Gasteiger partial charge on any atom is -0.479 e. The third-order valence-corrected chi connectivity index (χ3v) is 3.88. The fraction of sp³-hybridized carbons (Fsp3) is 0.900. The maximum atomic E-state index is 10.8. The minimum atomic E-state index is -1.63. The van der Waals surface area contributed by atoms with Crippen molar-refractivity contribution in [2.45, 2.75) is 31.1 Å². The van der Waals surface area contributed by atoms with Crippen LogP contribution in [0.5, 0.6) is 0 Å². The molecule has 0 aromatic rings. The van der Waals surface area contributed by atoms with E-state index < -0.39 is 11.6 Å². The van der Waals surface area contributed by atoms with Crippen molar-refractivity contribution in [3.8, 4) is 0 Å². The van der Waals surface area contributed by atoms with Gasteiger partial charge in [-0.2, -0.15) is 11.8 Å². The number of aliphatic hydroxyl groups is 1. The molecular weight excluding hydrogens is 214 g/mol. The van der Waals surface area contributed by atoms with Gasteiger partial charge in [-0.25, -0.2) is 4.79 Å². The molecule has 88 valence electrons. The van der Waals surface area contributed by atoms with Crippen LogP contribution in [0.2, 0.25) is 0 Å². The van der Waals surface area contributed by atoms with Gasteiger partial charge in [-0.1, -0.05) is 6.92 Å². The smallest absolute Gasteiger partial charge is 0.336 e.